The Hall–Kier alpha value is -2.21. The van der Waals surface area contributed by atoms with Crippen LogP contribution in [0.2, 0.25) is 15.1 Å². The van der Waals surface area contributed by atoms with E-state index in [9.17, 15) is 13.2 Å². The number of hydrogen-bond donors (Lipinski definition) is 1. The monoisotopic (exact) mass is 599 g/mol. The van der Waals surface area contributed by atoms with E-state index in [1.54, 1.807) is 0 Å². The van der Waals surface area contributed by atoms with Gasteiger partial charge in [-0.05, 0) is 30.2 Å². The Balaban J connectivity index is 1.52. The average Bonchev–Trinajstić information content (AvgIpc) is 2.86. The summed E-state index contributed by atoms with van der Waals surface area (Å²) in [5.74, 6) is 0.696. The molecule has 0 saturated carbocycles. The molecule has 38 heavy (non-hydrogen) atoms. The number of ether oxygens (including phenoxy) is 1. The largest absolute Gasteiger partial charge is 0.467 e. The van der Waals surface area contributed by atoms with Crippen molar-refractivity contribution in [3.8, 4) is 0 Å². The van der Waals surface area contributed by atoms with Gasteiger partial charge in [0.25, 0.3) is 0 Å². The van der Waals surface area contributed by atoms with Crippen LogP contribution in [0.3, 0.4) is 0 Å². The van der Waals surface area contributed by atoms with Crippen LogP contribution < -0.4 is 5.32 Å². The fraction of sp³-hybridized carbons (Fsp3) is 0.400. The summed E-state index contributed by atoms with van der Waals surface area (Å²) in [5, 5.41) is 4.27. The first kappa shape index (κ1) is 28.8. The van der Waals surface area contributed by atoms with E-state index in [0.29, 0.717) is 31.3 Å². The van der Waals surface area contributed by atoms with Crippen LogP contribution in [0.5, 0.6) is 0 Å². The van der Waals surface area contributed by atoms with Crippen molar-refractivity contribution in [2.75, 3.05) is 38.6 Å². The number of carbonyl (C=O) groups excluding carboxylic acids is 1. The van der Waals surface area contributed by atoms with E-state index >= 15 is 0 Å². The van der Waals surface area contributed by atoms with Crippen molar-refractivity contribution < 1.29 is 17.9 Å². The van der Waals surface area contributed by atoms with Gasteiger partial charge in [0.1, 0.15) is 22.6 Å². The first-order valence-corrected chi connectivity index (χ1v) is 14.6. The number of halogens is 3. The van der Waals surface area contributed by atoms with Crippen LogP contribution >= 0.6 is 34.8 Å². The van der Waals surface area contributed by atoms with Gasteiger partial charge in [-0.2, -0.15) is 4.31 Å². The van der Waals surface area contributed by atoms with E-state index in [1.165, 1.54) is 23.5 Å². The van der Waals surface area contributed by atoms with E-state index in [-0.39, 0.29) is 44.9 Å². The molecule has 1 saturated heterocycles. The number of para-hydroxylation sites is 1. The van der Waals surface area contributed by atoms with Crippen molar-refractivity contribution in [1.29, 1.82) is 0 Å². The highest BCUT2D eigenvalue weighted by Gasteiger charge is 2.32. The maximum atomic E-state index is 13.3. The maximum absolute atomic E-state index is 13.3. The van der Waals surface area contributed by atoms with Crippen molar-refractivity contribution in [3.63, 3.8) is 0 Å². The molecule has 2 heterocycles. The molecule has 0 unspecified atom stereocenters. The lowest BCUT2D eigenvalue weighted by molar-refractivity contribution is -0.142. The van der Waals surface area contributed by atoms with Crippen LogP contribution in [0.15, 0.2) is 41.3 Å². The lowest BCUT2D eigenvalue weighted by Gasteiger charge is -2.34. The van der Waals surface area contributed by atoms with Crippen LogP contribution in [0.4, 0.5) is 5.82 Å². The Morgan fingerprint density at radius 3 is 2.29 bits per heavy atom. The SMILES string of the molecule is COC(=O)[C@@H](Nc1nc(CN2CCN(S(=O)(=O)c3c(Cl)cc(Cl)cc3Cl)CC2)nc2ccccc12)C(C)C. The molecule has 3 aromatic rings. The molecule has 0 radical (unpaired) electrons. The maximum Gasteiger partial charge on any atom is 0.328 e. The molecule has 4 rings (SSSR count). The van der Waals surface area contributed by atoms with Gasteiger partial charge in [-0.3, -0.25) is 4.90 Å². The van der Waals surface area contributed by atoms with E-state index < -0.39 is 16.1 Å². The summed E-state index contributed by atoms with van der Waals surface area (Å²) in [4.78, 5) is 23.7. The third kappa shape index (κ3) is 6.16. The molecule has 0 bridgehead atoms. The molecule has 1 aromatic heterocycles. The smallest absolute Gasteiger partial charge is 0.328 e. The van der Waals surface area contributed by atoms with Gasteiger partial charge >= 0.3 is 5.97 Å². The number of piperazine rings is 1. The molecular weight excluding hydrogens is 573 g/mol. The van der Waals surface area contributed by atoms with E-state index in [1.807, 2.05) is 38.1 Å². The van der Waals surface area contributed by atoms with Gasteiger partial charge in [0.2, 0.25) is 10.0 Å². The van der Waals surface area contributed by atoms with Crippen molar-refractivity contribution in [2.24, 2.45) is 5.92 Å². The second-order valence-corrected chi connectivity index (χ2v) is 12.4. The van der Waals surface area contributed by atoms with Gasteiger partial charge in [-0.1, -0.05) is 60.8 Å². The van der Waals surface area contributed by atoms with Crippen molar-refractivity contribution in [2.45, 2.75) is 31.3 Å². The predicted molar refractivity (Wildman–Crippen MR) is 149 cm³/mol. The lowest BCUT2D eigenvalue weighted by Crippen LogP contribution is -2.48. The number of sulfonamides is 1. The summed E-state index contributed by atoms with van der Waals surface area (Å²) in [6, 6.07) is 9.71. The minimum atomic E-state index is -3.91. The third-order valence-electron chi connectivity index (χ3n) is 6.32. The number of fused-ring (bicyclic) bond motifs is 1. The zero-order valence-electron chi connectivity index (χ0n) is 21.1. The molecule has 0 spiro atoms. The molecule has 1 aliphatic rings. The predicted octanol–water partition coefficient (Wildman–Crippen LogP) is 4.71. The molecule has 1 fully saturated rings. The number of anilines is 1. The highest BCUT2D eigenvalue weighted by atomic mass is 35.5. The number of methoxy groups -OCH3 is 1. The third-order valence-corrected chi connectivity index (χ3v) is 9.36. The Labute approximate surface area is 237 Å². The zero-order valence-corrected chi connectivity index (χ0v) is 24.2. The van der Waals surface area contributed by atoms with E-state index in [0.717, 1.165) is 10.9 Å². The quantitative estimate of drug-likeness (QED) is 0.371. The summed E-state index contributed by atoms with van der Waals surface area (Å²) >= 11 is 18.3. The van der Waals surface area contributed by atoms with Crippen molar-refractivity contribution in [1.82, 2.24) is 19.2 Å². The van der Waals surface area contributed by atoms with Crippen LogP contribution in [0, 0.1) is 5.92 Å². The molecule has 0 amide bonds. The van der Waals surface area contributed by atoms with Gasteiger partial charge < -0.3 is 10.1 Å². The summed E-state index contributed by atoms with van der Waals surface area (Å²) < 4.78 is 32.9. The first-order valence-electron chi connectivity index (χ1n) is 12.0. The number of hydrogen-bond acceptors (Lipinski definition) is 8. The topological polar surface area (TPSA) is 105 Å². The number of esters is 1. The minimum absolute atomic E-state index is 0.0128. The number of rotatable bonds is 8. The molecule has 9 nitrogen and oxygen atoms in total. The number of carbonyl (C=O) groups is 1. The molecule has 13 heteroatoms. The number of benzene rings is 2. The first-order chi connectivity index (χ1) is 18.0. The van der Waals surface area contributed by atoms with E-state index in [2.05, 4.69) is 10.2 Å². The fourth-order valence-corrected chi connectivity index (χ4v) is 7.22. The second kappa shape index (κ2) is 11.9. The molecule has 1 atom stereocenters. The average molecular weight is 601 g/mol. The van der Waals surface area contributed by atoms with Crippen molar-refractivity contribution in [3.05, 3.63) is 57.3 Å². The molecule has 0 aliphatic carbocycles. The van der Waals surface area contributed by atoms with Crippen LogP contribution in [0.1, 0.15) is 19.7 Å². The van der Waals surface area contributed by atoms with Gasteiger partial charge in [-0.25, -0.2) is 23.2 Å². The lowest BCUT2D eigenvalue weighted by atomic mass is 10.0. The van der Waals surface area contributed by atoms with E-state index in [4.69, 9.17) is 49.5 Å². The molecule has 2 aromatic carbocycles. The Bertz CT molecular complexity index is 1420. The van der Waals surface area contributed by atoms with Gasteiger partial charge in [0, 0.05) is 36.6 Å². The Morgan fingerprint density at radius 1 is 1.05 bits per heavy atom. The molecule has 1 N–H and O–H groups in total. The number of nitrogens with one attached hydrogen (secondary N) is 1. The summed E-state index contributed by atoms with van der Waals surface area (Å²) in [5.41, 5.74) is 0.737. The van der Waals surface area contributed by atoms with Gasteiger partial charge in [0.15, 0.2) is 0 Å². The minimum Gasteiger partial charge on any atom is -0.467 e. The number of nitrogens with zero attached hydrogens (tertiary/aromatic N) is 4. The van der Waals surface area contributed by atoms with Crippen LogP contribution in [-0.4, -0.2) is 72.9 Å². The highest BCUT2D eigenvalue weighted by Crippen LogP contribution is 2.35. The highest BCUT2D eigenvalue weighted by molar-refractivity contribution is 7.89. The van der Waals surface area contributed by atoms with Crippen LogP contribution in [-0.2, 0) is 26.1 Å². The second-order valence-electron chi connectivity index (χ2n) is 9.27. The van der Waals surface area contributed by atoms with Gasteiger partial charge in [0.05, 0.1) is 29.2 Å². The van der Waals surface area contributed by atoms with Crippen LogP contribution in [0.25, 0.3) is 10.9 Å². The standard InChI is InChI=1S/C25H28Cl3N5O4S/c1-15(2)22(25(34)37-3)31-24-17-6-4-5-7-20(17)29-21(30-24)14-32-8-10-33(11-9-32)38(35,36)23-18(27)12-16(26)13-19(23)28/h4-7,12-13,15,22H,8-11,14H2,1-3H3,(H,29,30,31)/t22-/m0/s1. The summed E-state index contributed by atoms with van der Waals surface area (Å²) in [6.45, 7) is 5.66. The summed E-state index contributed by atoms with van der Waals surface area (Å²) in [6.07, 6.45) is 0. The summed E-state index contributed by atoms with van der Waals surface area (Å²) in [7, 11) is -2.55. The normalized spacial score (nSPS) is 16.1. The zero-order chi connectivity index (χ0) is 27.6. The Kier molecular flexibility index (Phi) is 9.01. The Morgan fingerprint density at radius 2 is 1.68 bits per heavy atom. The van der Waals surface area contributed by atoms with Crippen molar-refractivity contribution >= 4 is 67.5 Å². The number of aromatic nitrogens is 2. The van der Waals surface area contributed by atoms with Gasteiger partial charge in [-0.15, -0.1) is 0 Å². The molecule has 204 valence electrons. The molecular formula is C25H28Cl3N5O4S. The fourth-order valence-electron chi connectivity index (χ4n) is 4.31. The molecule has 1 aliphatic heterocycles.